The number of hydrogen-bond donors (Lipinski definition) is 0. The first kappa shape index (κ1) is 10.3. The molecule has 0 N–H and O–H groups in total. The fourth-order valence-corrected chi connectivity index (χ4v) is 1.27. The summed E-state index contributed by atoms with van der Waals surface area (Å²) >= 11 is 0. The van der Waals surface area contributed by atoms with Crippen molar-refractivity contribution in [2.45, 2.75) is 6.92 Å². The molecule has 2 aromatic rings. The summed E-state index contributed by atoms with van der Waals surface area (Å²) in [6.07, 6.45) is 2.18. The van der Waals surface area contributed by atoms with E-state index in [1.54, 1.807) is 30.3 Å². The molecule has 1 aromatic heterocycles. The molecule has 0 aliphatic carbocycles. The van der Waals surface area contributed by atoms with Crippen LogP contribution in [0.5, 0.6) is 11.6 Å². The Labute approximate surface area is 92.9 Å². The van der Waals surface area contributed by atoms with E-state index in [0.717, 1.165) is 12.0 Å². The van der Waals surface area contributed by atoms with Gasteiger partial charge in [-0.1, -0.05) is 12.1 Å². The topological polar surface area (TPSA) is 52.1 Å². The molecular formula is C12H10N2O2. The van der Waals surface area contributed by atoms with Gasteiger partial charge in [-0.3, -0.25) is 4.79 Å². The number of hydrogen-bond acceptors (Lipinski definition) is 4. The van der Waals surface area contributed by atoms with Crippen molar-refractivity contribution >= 4 is 6.29 Å². The molecular weight excluding hydrogens is 204 g/mol. The Morgan fingerprint density at radius 3 is 2.81 bits per heavy atom. The number of aldehydes is 1. The Morgan fingerprint density at radius 1 is 1.25 bits per heavy atom. The molecule has 0 radical (unpaired) electrons. The molecule has 0 bridgehead atoms. The van der Waals surface area contributed by atoms with Crippen molar-refractivity contribution in [1.82, 2.24) is 9.97 Å². The van der Waals surface area contributed by atoms with E-state index in [0.29, 0.717) is 17.2 Å². The van der Waals surface area contributed by atoms with Gasteiger partial charge in [0.1, 0.15) is 12.1 Å². The lowest BCUT2D eigenvalue weighted by molar-refractivity contribution is 0.112. The molecule has 0 aliphatic rings. The lowest BCUT2D eigenvalue weighted by Gasteiger charge is -2.06. The van der Waals surface area contributed by atoms with Crippen LogP contribution in [0.2, 0.25) is 0 Å². The van der Waals surface area contributed by atoms with Gasteiger partial charge in [-0.15, -0.1) is 0 Å². The van der Waals surface area contributed by atoms with Gasteiger partial charge in [0.2, 0.25) is 5.88 Å². The predicted octanol–water partition coefficient (Wildman–Crippen LogP) is 2.39. The molecule has 0 amide bonds. The van der Waals surface area contributed by atoms with E-state index < -0.39 is 0 Å². The first-order valence-corrected chi connectivity index (χ1v) is 4.80. The third-order valence-corrected chi connectivity index (χ3v) is 2.04. The summed E-state index contributed by atoms with van der Waals surface area (Å²) in [6.45, 7) is 1.85. The standard InChI is InChI=1S/C12H10N2O2/c1-9-6-12(14-8-13-9)16-11-5-3-2-4-10(11)7-15/h2-8H,1H3. The van der Waals surface area contributed by atoms with Gasteiger partial charge in [-0.25, -0.2) is 9.97 Å². The van der Waals surface area contributed by atoms with Crippen LogP contribution in [0.25, 0.3) is 0 Å². The van der Waals surface area contributed by atoms with E-state index in [9.17, 15) is 4.79 Å². The number of carbonyl (C=O) groups is 1. The quantitative estimate of drug-likeness (QED) is 0.736. The second-order valence-electron chi connectivity index (χ2n) is 3.26. The zero-order valence-corrected chi connectivity index (χ0v) is 8.75. The molecule has 0 aliphatic heterocycles. The number of benzene rings is 1. The van der Waals surface area contributed by atoms with Crippen molar-refractivity contribution in [3.05, 3.63) is 47.9 Å². The number of rotatable bonds is 3. The summed E-state index contributed by atoms with van der Waals surface area (Å²) in [5.74, 6) is 0.928. The highest BCUT2D eigenvalue weighted by atomic mass is 16.5. The predicted molar refractivity (Wildman–Crippen MR) is 58.7 cm³/mol. The fraction of sp³-hybridized carbons (Fsp3) is 0.0833. The van der Waals surface area contributed by atoms with Gasteiger partial charge in [0, 0.05) is 11.8 Å². The zero-order valence-electron chi connectivity index (χ0n) is 8.75. The Morgan fingerprint density at radius 2 is 2.06 bits per heavy atom. The van der Waals surface area contributed by atoms with Crippen LogP contribution < -0.4 is 4.74 Å². The molecule has 0 fully saturated rings. The Bertz CT molecular complexity index is 512. The van der Waals surface area contributed by atoms with Gasteiger partial charge in [0.15, 0.2) is 6.29 Å². The smallest absolute Gasteiger partial charge is 0.222 e. The second-order valence-corrected chi connectivity index (χ2v) is 3.26. The molecule has 2 rings (SSSR count). The molecule has 1 heterocycles. The maximum Gasteiger partial charge on any atom is 0.222 e. The highest BCUT2D eigenvalue weighted by Crippen LogP contribution is 2.22. The van der Waals surface area contributed by atoms with Crippen LogP contribution in [0, 0.1) is 6.92 Å². The zero-order chi connectivity index (χ0) is 11.4. The summed E-state index contributed by atoms with van der Waals surface area (Å²) in [5, 5.41) is 0. The van der Waals surface area contributed by atoms with E-state index in [1.165, 1.54) is 6.33 Å². The number of aromatic nitrogens is 2. The van der Waals surface area contributed by atoms with Crippen LogP contribution in [0.1, 0.15) is 16.1 Å². The second kappa shape index (κ2) is 4.53. The molecule has 4 nitrogen and oxygen atoms in total. The Kier molecular flexibility index (Phi) is 2.91. The molecule has 0 unspecified atom stereocenters. The summed E-state index contributed by atoms with van der Waals surface area (Å²) in [7, 11) is 0. The minimum Gasteiger partial charge on any atom is -0.438 e. The maximum absolute atomic E-state index is 10.8. The van der Waals surface area contributed by atoms with E-state index in [-0.39, 0.29) is 0 Å². The number of aryl methyl sites for hydroxylation is 1. The van der Waals surface area contributed by atoms with E-state index in [2.05, 4.69) is 9.97 Å². The van der Waals surface area contributed by atoms with E-state index in [1.807, 2.05) is 6.92 Å². The van der Waals surface area contributed by atoms with Gasteiger partial charge in [0.05, 0.1) is 5.56 Å². The fourth-order valence-electron chi connectivity index (χ4n) is 1.27. The normalized spacial score (nSPS) is 9.81. The third kappa shape index (κ3) is 2.23. The average Bonchev–Trinajstić information content (AvgIpc) is 2.30. The van der Waals surface area contributed by atoms with Gasteiger partial charge in [0.25, 0.3) is 0 Å². The van der Waals surface area contributed by atoms with Gasteiger partial charge >= 0.3 is 0 Å². The average molecular weight is 214 g/mol. The summed E-state index contributed by atoms with van der Waals surface area (Å²) in [5.41, 5.74) is 1.31. The van der Waals surface area contributed by atoms with Crippen LogP contribution in [0.4, 0.5) is 0 Å². The van der Waals surface area contributed by atoms with Crippen LogP contribution in [-0.2, 0) is 0 Å². The molecule has 16 heavy (non-hydrogen) atoms. The van der Waals surface area contributed by atoms with Crippen molar-refractivity contribution in [3.63, 3.8) is 0 Å². The van der Waals surface area contributed by atoms with E-state index >= 15 is 0 Å². The monoisotopic (exact) mass is 214 g/mol. The Hall–Kier alpha value is -2.23. The molecule has 0 atom stereocenters. The number of para-hydroxylation sites is 1. The van der Waals surface area contributed by atoms with Crippen molar-refractivity contribution in [1.29, 1.82) is 0 Å². The van der Waals surface area contributed by atoms with E-state index in [4.69, 9.17) is 4.74 Å². The van der Waals surface area contributed by atoms with Crippen LogP contribution in [-0.4, -0.2) is 16.3 Å². The molecule has 0 saturated carbocycles. The van der Waals surface area contributed by atoms with Crippen LogP contribution >= 0.6 is 0 Å². The van der Waals surface area contributed by atoms with Gasteiger partial charge < -0.3 is 4.74 Å². The SMILES string of the molecule is Cc1cc(Oc2ccccc2C=O)ncn1. The molecule has 4 heteroatoms. The maximum atomic E-state index is 10.8. The molecule has 1 aromatic carbocycles. The summed E-state index contributed by atoms with van der Waals surface area (Å²) in [6, 6.07) is 8.71. The first-order chi connectivity index (χ1) is 7.79. The first-order valence-electron chi connectivity index (χ1n) is 4.80. The van der Waals surface area contributed by atoms with Gasteiger partial charge in [-0.2, -0.15) is 0 Å². The minimum atomic E-state index is 0.432. The highest BCUT2D eigenvalue weighted by Gasteiger charge is 2.04. The number of carbonyl (C=O) groups excluding carboxylic acids is 1. The lowest BCUT2D eigenvalue weighted by atomic mass is 10.2. The van der Waals surface area contributed by atoms with Crippen molar-refractivity contribution < 1.29 is 9.53 Å². The van der Waals surface area contributed by atoms with Crippen molar-refractivity contribution in [2.75, 3.05) is 0 Å². The molecule has 0 saturated heterocycles. The summed E-state index contributed by atoms with van der Waals surface area (Å²) in [4.78, 5) is 18.7. The molecule has 0 spiro atoms. The van der Waals surface area contributed by atoms with Crippen LogP contribution in [0.3, 0.4) is 0 Å². The third-order valence-electron chi connectivity index (χ3n) is 2.04. The molecule has 80 valence electrons. The van der Waals surface area contributed by atoms with Crippen molar-refractivity contribution in [3.8, 4) is 11.6 Å². The van der Waals surface area contributed by atoms with Crippen LogP contribution in [0.15, 0.2) is 36.7 Å². The number of ether oxygens (including phenoxy) is 1. The largest absolute Gasteiger partial charge is 0.438 e. The Balaban J connectivity index is 2.30. The summed E-state index contributed by atoms with van der Waals surface area (Å²) < 4.78 is 5.50. The highest BCUT2D eigenvalue weighted by molar-refractivity contribution is 5.79. The van der Waals surface area contributed by atoms with Crippen molar-refractivity contribution in [2.24, 2.45) is 0 Å². The minimum absolute atomic E-state index is 0.432. The van der Waals surface area contributed by atoms with Gasteiger partial charge in [-0.05, 0) is 19.1 Å². The number of nitrogens with zero attached hydrogens (tertiary/aromatic N) is 2. The lowest BCUT2D eigenvalue weighted by Crippen LogP contribution is -1.93.